The number of carbonyl (C=O) groups is 1. The number of rotatable bonds is 5. The molecule has 0 bridgehead atoms. The summed E-state index contributed by atoms with van der Waals surface area (Å²) in [6.45, 7) is 6.03. The van der Waals surface area contributed by atoms with Crippen LogP contribution in [0.2, 0.25) is 0 Å². The second-order valence-corrected chi connectivity index (χ2v) is 7.88. The average Bonchev–Trinajstić information content (AvgIpc) is 3.02. The molecule has 0 aliphatic rings. The largest absolute Gasteiger partial charge is 0.488 e. The van der Waals surface area contributed by atoms with Gasteiger partial charge in [-0.1, -0.05) is 18.2 Å². The van der Waals surface area contributed by atoms with Gasteiger partial charge in [-0.2, -0.15) is 0 Å². The molecule has 0 fully saturated rings. The maximum absolute atomic E-state index is 12.4. The Morgan fingerprint density at radius 2 is 1.81 bits per heavy atom. The molecule has 134 valence electrons. The summed E-state index contributed by atoms with van der Waals surface area (Å²) in [5.41, 5.74) is 1.43. The van der Waals surface area contributed by atoms with Gasteiger partial charge in [-0.05, 0) is 75.1 Å². The van der Waals surface area contributed by atoms with Gasteiger partial charge in [-0.3, -0.25) is 4.79 Å². The van der Waals surface area contributed by atoms with E-state index in [2.05, 4.69) is 0 Å². The van der Waals surface area contributed by atoms with Crippen molar-refractivity contribution in [3.63, 3.8) is 0 Å². The Morgan fingerprint density at radius 3 is 2.46 bits per heavy atom. The van der Waals surface area contributed by atoms with Crippen molar-refractivity contribution in [2.75, 3.05) is 6.26 Å². The van der Waals surface area contributed by atoms with E-state index < -0.39 is 0 Å². The third kappa shape index (κ3) is 4.58. The van der Waals surface area contributed by atoms with Crippen molar-refractivity contribution in [2.24, 2.45) is 0 Å². The van der Waals surface area contributed by atoms with E-state index in [1.165, 1.54) is 6.08 Å². The average molecular weight is 366 g/mol. The van der Waals surface area contributed by atoms with Crippen molar-refractivity contribution in [3.8, 4) is 5.75 Å². The highest BCUT2D eigenvalue weighted by Crippen LogP contribution is 2.25. The van der Waals surface area contributed by atoms with Gasteiger partial charge in [0.15, 0.2) is 5.76 Å². The van der Waals surface area contributed by atoms with E-state index in [1.54, 1.807) is 23.9 Å². The molecular formula is C22H22O3S. The Labute approximate surface area is 158 Å². The second-order valence-electron chi connectivity index (χ2n) is 7.00. The van der Waals surface area contributed by atoms with Crippen LogP contribution in [0.5, 0.6) is 5.75 Å². The number of ketones is 1. The van der Waals surface area contributed by atoms with Crippen LogP contribution < -0.4 is 4.74 Å². The molecule has 0 saturated heterocycles. The molecule has 0 radical (unpaired) electrons. The molecule has 26 heavy (non-hydrogen) atoms. The predicted molar refractivity (Wildman–Crippen MR) is 108 cm³/mol. The van der Waals surface area contributed by atoms with Crippen molar-refractivity contribution in [1.82, 2.24) is 0 Å². The van der Waals surface area contributed by atoms with Crippen molar-refractivity contribution in [3.05, 3.63) is 65.9 Å². The van der Waals surface area contributed by atoms with Gasteiger partial charge in [-0.15, -0.1) is 11.8 Å². The zero-order valence-electron chi connectivity index (χ0n) is 15.4. The third-order valence-electron chi connectivity index (χ3n) is 3.70. The van der Waals surface area contributed by atoms with Crippen LogP contribution in [0.25, 0.3) is 17.0 Å². The first-order valence-corrected chi connectivity index (χ1v) is 9.66. The Hall–Kier alpha value is -2.46. The Balaban J connectivity index is 1.73. The quantitative estimate of drug-likeness (QED) is 0.305. The van der Waals surface area contributed by atoms with Crippen LogP contribution in [0, 0.1) is 0 Å². The fraction of sp³-hybridized carbons (Fsp3) is 0.227. The zero-order chi connectivity index (χ0) is 18.7. The van der Waals surface area contributed by atoms with E-state index >= 15 is 0 Å². The minimum absolute atomic E-state index is 0.151. The molecule has 0 amide bonds. The number of thioether (sulfide) groups is 1. The predicted octanol–water partition coefficient (Wildman–Crippen LogP) is 6.23. The molecule has 0 aliphatic carbocycles. The molecule has 0 N–H and O–H groups in total. The Kier molecular flexibility index (Phi) is 5.23. The molecule has 3 nitrogen and oxygen atoms in total. The van der Waals surface area contributed by atoms with E-state index in [0.717, 1.165) is 27.2 Å². The number of furan rings is 1. The standard InChI is InChI=1S/C22H22O3S/c1-22(2,3)25-17-9-5-15(6-10-17)7-12-19(23)21-13-16-8-11-18(26-4)14-20(16)24-21/h5-14H,1-4H3/b12-7+. The molecule has 3 rings (SSSR count). The number of hydrogen-bond donors (Lipinski definition) is 0. The fourth-order valence-corrected chi connectivity index (χ4v) is 2.94. The first-order valence-electron chi connectivity index (χ1n) is 8.43. The summed E-state index contributed by atoms with van der Waals surface area (Å²) in [4.78, 5) is 13.5. The third-order valence-corrected chi connectivity index (χ3v) is 4.43. The summed E-state index contributed by atoms with van der Waals surface area (Å²) in [6.07, 6.45) is 5.33. The SMILES string of the molecule is CSc1ccc2cc(C(=O)/C=C/c3ccc(OC(C)(C)C)cc3)oc2c1. The number of allylic oxidation sites excluding steroid dienone is 1. The summed E-state index contributed by atoms with van der Waals surface area (Å²) >= 11 is 1.64. The van der Waals surface area contributed by atoms with Crippen LogP contribution in [-0.2, 0) is 0 Å². The second kappa shape index (κ2) is 7.42. The zero-order valence-corrected chi connectivity index (χ0v) is 16.2. The molecule has 0 atom stereocenters. The number of ether oxygens (including phenoxy) is 1. The van der Waals surface area contributed by atoms with Gasteiger partial charge in [0.25, 0.3) is 0 Å². The van der Waals surface area contributed by atoms with E-state index in [9.17, 15) is 4.79 Å². The van der Waals surface area contributed by atoms with Gasteiger partial charge in [0.2, 0.25) is 5.78 Å². The first kappa shape index (κ1) is 18.3. The van der Waals surface area contributed by atoms with Gasteiger partial charge in [0.05, 0.1) is 0 Å². The summed E-state index contributed by atoms with van der Waals surface area (Å²) in [7, 11) is 0. The highest BCUT2D eigenvalue weighted by atomic mass is 32.2. The molecule has 0 saturated carbocycles. The minimum Gasteiger partial charge on any atom is -0.488 e. The van der Waals surface area contributed by atoms with Crippen LogP contribution >= 0.6 is 11.8 Å². The molecule has 1 heterocycles. The number of hydrogen-bond acceptors (Lipinski definition) is 4. The van der Waals surface area contributed by atoms with Crippen molar-refractivity contribution < 1.29 is 13.9 Å². The number of fused-ring (bicyclic) bond motifs is 1. The van der Waals surface area contributed by atoms with Crippen molar-refractivity contribution in [2.45, 2.75) is 31.3 Å². The molecule has 0 spiro atoms. The van der Waals surface area contributed by atoms with E-state index in [4.69, 9.17) is 9.15 Å². The molecule has 3 aromatic rings. The van der Waals surface area contributed by atoms with Crippen molar-refractivity contribution in [1.29, 1.82) is 0 Å². The van der Waals surface area contributed by atoms with E-state index in [-0.39, 0.29) is 11.4 Å². The van der Waals surface area contributed by atoms with Gasteiger partial charge < -0.3 is 9.15 Å². The number of benzene rings is 2. The maximum Gasteiger partial charge on any atom is 0.221 e. The summed E-state index contributed by atoms with van der Waals surface area (Å²) in [5, 5.41) is 0.934. The van der Waals surface area contributed by atoms with Gasteiger partial charge in [0, 0.05) is 10.3 Å². The van der Waals surface area contributed by atoms with Gasteiger partial charge in [0.1, 0.15) is 16.9 Å². The lowest BCUT2D eigenvalue weighted by Gasteiger charge is -2.21. The molecule has 0 unspecified atom stereocenters. The molecule has 0 aliphatic heterocycles. The molecule has 2 aromatic carbocycles. The maximum atomic E-state index is 12.4. The summed E-state index contributed by atoms with van der Waals surface area (Å²) in [6, 6.07) is 15.4. The minimum atomic E-state index is -0.231. The van der Waals surface area contributed by atoms with Crippen LogP contribution in [0.1, 0.15) is 36.9 Å². The van der Waals surface area contributed by atoms with Gasteiger partial charge in [-0.25, -0.2) is 0 Å². The van der Waals surface area contributed by atoms with Gasteiger partial charge >= 0.3 is 0 Å². The molecule has 4 heteroatoms. The lowest BCUT2D eigenvalue weighted by molar-refractivity contribution is 0.102. The summed E-state index contributed by atoms with van der Waals surface area (Å²) < 4.78 is 11.5. The normalized spacial score (nSPS) is 12.0. The topological polar surface area (TPSA) is 39.4 Å². The molecular weight excluding hydrogens is 344 g/mol. The smallest absolute Gasteiger partial charge is 0.221 e. The van der Waals surface area contributed by atoms with Crippen molar-refractivity contribution >= 4 is 34.6 Å². The van der Waals surface area contributed by atoms with E-state index in [1.807, 2.05) is 69.5 Å². The Morgan fingerprint density at radius 1 is 1.08 bits per heavy atom. The monoisotopic (exact) mass is 366 g/mol. The van der Waals surface area contributed by atoms with Crippen LogP contribution in [-0.4, -0.2) is 17.6 Å². The lowest BCUT2D eigenvalue weighted by Crippen LogP contribution is -2.22. The molecule has 1 aromatic heterocycles. The van der Waals surface area contributed by atoms with Crippen LogP contribution in [0.4, 0.5) is 0 Å². The highest BCUT2D eigenvalue weighted by molar-refractivity contribution is 7.98. The first-order chi connectivity index (χ1) is 12.3. The van der Waals surface area contributed by atoms with E-state index in [0.29, 0.717) is 5.76 Å². The Bertz CT molecular complexity index is 944. The van der Waals surface area contributed by atoms with Crippen LogP contribution in [0.3, 0.4) is 0 Å². The highest BCUT2D eigenvalue weighted by Gasteiger charge is 2.12. The lowest BCUT2D eigenvalue weighted by atomic mass is 10.1. The number of carbonyl (C=O) groups excluding carboxylic acids is 1. The summed E-state index contributed by atoms with van der Waals surface area (Å²) in [5.74, 6) is 1.01. The fourth-order valence-electron chi connectivity index (χ4n) is 2.51. The van der Waals surface area contributed by atoms with Crippen LogP contribution in [0.15, 0.2) is 63.9 Å².